The zero-order chi connectivity index (χ0) is 15.5. The summed E-state index contributed by atoms with van der Waals surface area (Å²) in [7, 11) is 4.00. The maximum absolute atomic E-state index is 10.7. The molecule has 5 heteroatoms. The van der Waals surface area contributed by atoms with Gasteiger partial charge in [-0.05, 0) is 31.7 Å². The van der Waals surface area contributed by atoms with Gasteiger partial charge in [0, 0.05) is 55.8 Å². The van der Waals surface area contributed by atoms with Gasteiger partial charge < -0.3 is 20.1 Å². The minimum Gasteiger partial charge on any atom is -0.388 e. The number of aliphatic hydroxyl groups is 1. The van der Waals surface area contributed by atoms with Crippen LogP contribution in [-0.2, 0) is 4.74 Å². The smallest absolute Gasteiger partial charge is 0.0865 e. The van der Waals surface area contributed by atoms with E-state index >= 15 is 0 Å². The van der Waals surface area contributed by atoms with Crippen molar-refractivity contribution < 1.29 is 9.84 Å². The van der Waals surface area contributed by atoms with Crippen LogP contribution in [0.1, 0.15) is 31.4 Å². The predicted octanol–water partition coefficient (Wildman–Crippen LogP) is 2.71. The van der Waals surface area contributed by atoms with Crippen LogP contribution in [0.2, 0.25) is 0 Å². The molecule has 1 aromatic rings. The SMILES string of the molecule is CNC(C)c1ccc(Br)cc1N(C)CC1(O)CCOCC1. The van der Waals surface area contributed by atoms with Crippen LogP contribution in [0.25, 0.3) is 0 Å². The van der Waals surface area contributed by atoms with E-state index in [-0.39, 0.29) is 6.04 Å². The molecule has 0 radical (unpaired) electrons. The van der Waals surface area contributed by atoms with Crippen molar-refractivity contribution in [1.82, 2.24) is 5.32 Å². The zero-order valence-corrected chi connectivity index (χ0v) is 14.6. The third-order valence-electron chi connectivity index (χ3n) is 4.26. The normalized spacial score (nSPS) is 19.3. The van der Waals surface area contributed by atoms with Gasteiger partial charge in [0.2, 0.25) is 0 Å². The zero-order valence-electron chi connectivity index (χ0n) is 13.0. The number of benzene rings is 1. The van der Waals surface area contributed by atoms with E-state index in [0.717, 1.165) is 10.2 Å². The van der Waals surface area contributed by atoms with Gasteiger partial charge in [-0.1, -0.05) is 22.0 Å². The monoisotopic (exact) mass is 356 g/mol. The lowest BCUT2D eigenvalue weighted by atomic mass is 9.93. The van der Waals surface area contributed by atoms with Gasteiger partial charge in [-0.2, -0.15) is 0 Å². The van der Waals surface area contributed by atoms with Crippen LogP contribution in [0, 0.1) is 0 Å². The molecule has 0 aromatic heterocycles. The summed E-state index contributed by atoms with van der Waals surface area (Å²) in [6, 6.07) is 6.57. The second-order valence-electron chi connectivity index (χ2n) is 5.91. The summed E-state index contributed by atoms with van der Waals surface area (Å²) in [6.45, 7) is 4.05. The van der Waals surface area contributed by atoms with E-state index in [0.29, 0.717) is 32.6 Å². The molecule has 1 fully saturated rings. The van der Waals surface area contributed by atoms with Gasteiger partial charge in [0.05, 0.1) is 5.60 Å². The van der Waals surface area contributed by atoms with E-state index in [2.05, 4.69) is 51.3 Å². The van der Waals surface area contributed by atoms with Gasteiger partial charge in [-0.15, -0.1) is 0 Å². The summed E-state index contributed by atoms with van der Waals surface area (Å²) in [5.74, 6) is 0. The summed E-state index contributed by atoms with van der Waals surface area (Å²) >= 11 is 3.54. The summed E-state index contributed by atoms with van der Waals surface area (Å²) in [5.41, 5.74) is 1.72. The highest BCUT2D eigenvalue weighted by Crippen LogP contribution is 2.31. The summed E-state index contributed by atoms with van der Waals surface area (Å²) in [6.07, 6.45) is 1.39. The first kappa shape index (κ1) is 16.7. The molecule has 1 heterocycles. The van der Waals surface area contributed by atoms with Crippen LogP contribution in [0.15, 0.2) is 22.7 Å². The average molecular weight is 357 g/mol. The lowest BCUT2D eigenvalue weighted by molar-refractivity contribution is -0.0572. The van der Waals surface area contributed by atoms with Gasteiger partial charge in [0.1, 0.15) is 0 Å². The van der Waals surface area contributed by atoms with Crippen LogP contribution >= 0.6 is 15.9 Å². The average Bonchev–Trinajstić information content (AvgIpc) is 2.46. The second kappa shape index (κ2) is 7.09. The molecule has 1 unspecified atom stereocenters. The minimum atomic E-state index is -0.657. The molecule has 21 heavy (non-hydrogen) atoms. The minimum absolute atomic E-state index is 0.264. The molecule has 2 N–H and O–H groups in total. The van der Waals surface area contributed by atoms with Gasteiger partial charge in [0.25, 0.3) is 0 Å². The Bertz CT molecular complexity index is 475. The first-order valence-corrected chi connectivity index (χ1v) is 8.22. The number of hydrogen-bond acceptors (Lipinski definition) is 4. The van der Waals surface area contributed by atoms with Crippen molar-refractivity contribution in [2.24, 2.45) is 0 Å². The van der Waals surface area contributed by atoms with E-state index in [4.69, 9.17) is 4.74 Å². The van der Waals surface area contributed by atoms with E-state index in [1.165, 1.54) is 5.56 Å². The third-order valence-corrected chi connectivity index (χ3v) is 4.75. The number of rotatable bonds is 5. The van der Waals surface area contributed by atoms with Crippen LogP contribution < -0.4 is 10.2 Å². The molecule has 1 saturated heterocycles. The molecule has 1 aliphatic heterocycles. The first-order valence-electron chi connectivity index (χ1n) is 7.43. The standard InChI is InChI=1S/C16H25BrN2O2/c1-12(18-2)14-5-4-13(17)10-15(14)19(3)11-16(20)6-8-21-9-7-16/h4-5,10,12,18,20H,6-9,11H2,1-3H3. The van der Waals surface area contributed by atoms with Crippen molar-refractivity contribution in [3.63, 3.8) is 0 Å². The Balaban J connectivity index is 2.21. The number of ether oxygens (including phenoxy) is 1. The third kappa shape index (κ3) is 4.19. The predicted molar refractivity (Wildman–Crippen MR) is 89.9 cm³/mol. The number of nitrogens with zero attached hydrogens (tertiary/aromatic N) is 1. The number of likely N-dealkylation sites (N-methyl/N-ethyl adjacent to an activating group) is 1. The van der Waals surface area contributed by atoms with Gasteiger partial charge in [-0.3, -0.25) is 0 Å². The maximum atomic E-state index is 10.7. The highest BCUT2D eigenvalue weighted by molar-refractivity contribution is 9.10. The Hall–Kier alpha value is -0.620. The second-order valence-corrected chi connectivity index (χ2v) is 6.82. The molecule has 0 amide bonds. The lowest BCUT2D eigenvalue weighted by Crippen LogP contribution is -2.46. The van der Waals surface area contributed by atoms with Crippen molar-refractivity contribution in [2.75, 3.05) is 38.8 Å². The van der Waals surface area contributed by atoms with Crippen LogP contribution in [0.3, 0.4) is 0 Å². The fourth-order valence-corrected chi connectivity index (χ4v) is 3.15. The molecule has 1 aliphatic rings. The van der Waals surface area contributed by atoms with Crippen LogP contribution in [0.5, 0.6) is 0 Å². The Labute approximate surface area is 135 Å². The molecule has 118 valence electrons. The fourth-order valence-electron chi connectivity index (χ4n) is 2.81. The highest BCUT2D eigenvalue weighted by atomic mass is 79.9. The van der Waals surface area contributed by atoms with E-state index in [1.54, 1.807) is 0 Å². The van der Waals surface area contributed by atoms with Gasteiger partial charge >= 0.3 is 0 Å². The van der Waals surface area contributed by atoms with E-state index in [1.807, 2.05) is 14.1 Å². The van der Waals surface area contributed by atoms with E-state index in [9.17, 15) is 5.11 Å². The molecule has 0 aliphatic carbocycles. The first-order chi connectivity index (χ1) is 9.95. The van der Waals surface area contributed by atoms with Crippen molar-refractivity contribution in [1.29, 1.82) is 0 Å². The number of nitrogens with one attached hydrogen (secondary N) is 1. The number of anilines is 1. The van der Waals surface area contributed by atoms with Crippen molar-refractivity contribution in [3.8, 4) is 0 Å². The number of hydrogen-bond donors (Lipinski definition) is 2. The van der Waals surface area contributed by atoms with Gasteiger partial charge in [0.15, 0.2) is 0 Å². The molecule has 2 rings (SSSR count). The molecule has 0 saturated carbocycles. The van der Waals surface area contributed by atoms with Crippen molar-refractivity contribution in [3.05, 3.63) is 28.2 Å². The maximum Gasteiger partial charge on any atom is 0.0865 e. The van der Waals surface area contributed by atoms with Gasteiger partial charge in [-0.25, -0.2) is 0 Å². The quantitative estimate of drug-likeness (QED) is 0.851. The Morgan fingerprint density at radius 2 is 2.10 bits per heavy atom. The molecular formula is C16H25BrN2O2. The molecule has 1 atom stereocenters. The Morgan fingerprint density at radius 3 is 2.71 bits per heavy atom. The summed E-state index contributed by atoms with van der Waals surface area (Å²) < 4.78 is 6.41. The highest BCUT2D eigenvalue weighted by Gasteiger charge is 2.31. The summed E-state index contributed by atoms with van der Waals surface area (Å²) in [4.78, 5) is 2.15. The molecule has 0 bridgehead atoms. The van der Waals surface area contributed by atoms with Crippen molar-refractivity contribution >= 4 is 21.6 Å². The fraction of sp³-hybridized carbons (Fsp3) is 0.625. The van der Waals surface area contributed by atoms with E-state index < -0.39 is 5.60 Å². The largest absolute Gasteiger partial charge is 0.388 e. The van der Waals surface area contributed by atoms with Crippen molar-refractivity contribution in [2.45, 2.75) is 31.4 Å². The molecule has 0 spiro atoms. The van der Waals surface area contributed by atoms with Crippen LogP contribution in [-0.4, -0.2) is 44.6 Å². The lowest BCUT2D eigenvalue weighted by Gasteiger charge is -2.37. The molecule has 4 nitrogen and oxygen atoms in total. The number of halogens is 1. The van der Waals surface area contributed by atoms with Crippen LogP contribution in [0.4, 0.5) is 5.69 Å². The Kier molecular flexibility index (Phi) is 5.66. The topological polar surface area (TPSA) is 44.7 Å². The molecule has 1 aromatic carbocycles. The Morgan fingerprint density at radius 1 is 1.43 bits per heavy atom. The molecular weight excluding hydrogens is 332 g/mol. The summed E-state index contributed by atoms with van der Waals surface area (Å²) in [5, 5.41) is 14.0.